The normalized spacial score (nSPS) is 17.3. The van der Waals surface area contributed by atoms with Gasteiger partial charge in [-0.15, -0.1) is 0 Å². The number of hydrogen-bond acceptors (Lipinski definition) is 6. The minimum absolute atomic E-state index is 0.0664. The highest BCUT2D eigenvalue weighted by Crippen LogP contribution is 2.28. The van der Waals surface area contributed by atoms with Crippen LogP contribution in [-0.4, -0.2) is 62.7 Å². The van der Waals surface area contributed by atoms with Crippen LogP contribution in [0.1, 0.15) is 5.56 Å². The number of ether oxygens (including phenoxy) is 2. The molecule has 0 radical (unpaired) electrons. The molecule has 0 spiro atoms. The van der Waals surface area contributed by atoms with Gasteiger partial charge < -0.3 is 25.0 Å². The molecule has 0 aliphatic carbocycles. The lowest BCUT2D eigenvalue weighted by Crippen LogP contribution is -2.38. The lowest BCUT2D eigenvalue weighted by molar-refractivity contribution is -0.127. The van der Waals surface area contributed by atoms with Gasteiger partial charge in [-0.1, -0.05) is 11.6 Å². The van der Waals surface area contributed by atoms with Gasteiger partial charge in [0.15, 0.2) is 0 Å². The summed E-state index contributed by atoms with van der Waals surface area (Å²) in [6.45, 7) is 2.47. The summed E-state index contributed by atoms with van der Waals surface area (Å²) in [6.07, 6.45) is 1.54. The fourth-order valence-corrected chi connectivity index (χ4v) is 3.71. The molecule has 172 valence electrons. The molecular weight excluding hydrogens is 448 g/mol. The molecule has 0 saturated carbocycles. The maximum Gasteiger partial charge on any atom is 0.329 e. The Bertz CT molecular complexity index is 1100. The molecule has 2 N–H and O–H groups in total. The zero-order valence-electron chi connectivity index (χ0n) is 18.0. The van der Waals surface area contributed by atoms with Crippen molar-refractivity contribution in [2.45, 2.75) is 0 Å². The number of morpholine rings is 1. The summed E-state index contributed by atoms with van der Waals surface area (Å²) < 4.78 is 10.9. The average molecular weight is 471 g/mol. The van der Waals surface area contributed by atoms with Crippen molar-refractivity contribution in [1.29, 1.82) is 0 Å². The summed E-state index contributed by atoms with van der Waals surface area (Å²) in [5.41, 5.74) is 2.19. The first kappa shape index (κ1) is 22.6. The number of nitrogens with one attached hydrogen (secondary N) is 2. The largest absolute Gasteiger partial charge is 0.496 e. The third kappa shape index (κ3) is 5.27. The van der Waals surface area contributed by atoms with Crippen LogP contribution in [0.3, 0.4) is 0 Å². The molecule has 2 saturated heterocycles. The number of hydrogen-bond donors (Lipinski definition) is 2. The summed E-state index contributed by atoms with van der Waals surface area (Å²) in [6, 6.07) is 11.5. The van der Waals surface area contributed by atoms with Gasteiger partial charge in [0, 0.05) is 41.1 Å². The van der Waals surface area contributed by atoms with E-state index in [0.29, 0.717) is 35.2 Å². The van der Waals surface area contributed by atoms with E-state index in [9.17, 15) is 14.4 Å². The van der Waals surface area contributed by atoms with Crippen molar-refractivity contribution < 1.29 is 23.9 Å². The van der Waals surface area contributed by atoms with Crippen LogP contribution in [0.2, 0.25) is 5.02 Å². The van der Waals surface area contributed by atoms with E-state index in [2.05, 4.69) is 15.5 Å². The van der Waals surface area contributed by atoms with E-state index in [1.54, 1.807) is 37.5 Å². The summed E-state index contributed by atoms with van der Waals surface area (Å²) >= 11 is 5.84. The smallest absolute Gasteiger partial charge is 0.329 e. The fraction of sp³-hybridized carbons (Fsp3) is 0.261. The second-order valence-corrected chi connectivity index (χ2v) is 7.90. The van der Waals surface area contributed by atoms with E-state index in [0.717, 1.165) is 23.7 Å². The van der Waals surface area contributed by atoms with Gasteiger partial charge in [0.1, 0.15) is 18.0 Å². The lowest BCUT2D eigenvalue weighted by Gasteiger charge is -2.29. The van der Waals surface area contributed by atoms with Crippen LogP contribution in [0, 0.1) is 0 Å². The van der Waals surface area contributed by atoms with Crippen LogP contribution in [0.4, 0.5) is 16.2 Å². The zero-order chi connectivity index (χ0) is 23.4. The Balaban J connectivity index is 1.46. The maximum absolute atomic E-state index is 12.8. The lowest BCUT2D eigenvalue weighted by atomic mass is 10.1. The van der Waals surface area contributed by atoms with Gasteiger partial charge in [-0.05, 0) is 42.5 Å². The van der Waals surface area contributed by atoms with Crippen molar-refractivity contribution in [3.05, 3.63) is 58.7 Å². The standard InChI is InChI=1S/C23H23ClN4O5/c1-32-20-13-18(27-8-10-33-11-9-27)7-2-15(20)12-19-22(30)28(23(31)26-19)14-21(29)25-17-5-3-16(24)4-6-17/h2-7,12-13H,8-11,14H2,1H3,(H,25,29)(H,26,31)/b19-12-. The molecule has 0 atom stereocenters. The number of rotatable bonds is 6. The van der Waals surface area contributed by atoms with Crippen LogP contribution in [0.25, 0.3) is 6.08 Å². The van der Waals surface area contributed by atoms with Crippen molar-refractivity contribution in [2.75, 3.05) is 50.2 Å². The number of amides is 4. The Morgan fingerprint density at radius 3 is 2.61 bits per heavy atom. The minimum Gasteiger partial charge on any atom is -0.496 e. The highest BCUT2D eigenvalue weighted by atomic mass is 35.5. The fourth-order valence-electron chi connectivity index (χ4n) is 3.59. The van der Waals surface area contributed by atoms with E-state index in [4.69, 9.17) is 21.1 Å². The number of carbonyl (C=O) groups is 3. The highest BCUT2D eigenvalue weighted by Gasteiger charge is 2.35. The first-order chi connectivity index (χ1) is 15.9. The van der Waals surface area contributed by atoms with Gasteiger partial charge in [0.2, 0.25) is 5.91 Å². The molecule has 2 aromatic carbocycles. The first-order valence-corrected chi connectivity index (χ1v) is 10.7. The molecule has 2 heterocycles. The number of anilines is 2. The van der Waals surface area contributed by atoms with Gasteiger partial charge in [-0.2, -0.15) is 0 Å². The second kappa shape index (κ2) is 9.93. The highest BCUT2D eigenvalue weighted by molar-refractivity contribution is 6.30. The predicted octanol–water partition coefficient (Wildman–Crippen LogP) is 2.72. The summed E-state index contributed by atoms with van der Waals surface area (Å²) in [4.78, 5) is 40.5. The molecule has 4 rings (SSSR count). The number of imide groups is 1. The van der Waals surface area contributed by atoms with Crippen molar-refractivity contribution >= 4 is 46.9 Å². The van der Waals surface area contributed by atoms with Crippen molar-refractivity contribution in [3.8, 4) is 5.75 Å². The minimum atomic E-state index is -0.665. The zero-order valence-corrected chi connectivity index (χ0v) is 18.7. The number of halogens is 1. The van der Waals surface area contributed by atoms with Gasteiger partial charge in [0.05, 0.1) is 20.3 Å². The van der Waals surface area contributed by atoms with E-state index >= 15 is 0 Å². The molecule has 0 unspecified atom stereocenters. The average Bonchev–Trinajstić information content (AvgIpc) is 3.08. The quantitative estimate of drug-likeness (QED) is 0.497. The van der Waals surface area contributed by atoms with Crippen LogP contribution in [0.15, 0.2) is 48.2 Å². The Labute approximate surface area is 195 Å². The predicted molar refractivity (Wildman–Crippen MR) is 124 cm³/mol. The molecule has 0 bridgehead atoms. The molecule has 4 amide bonds. The van der Waals surface area contributed by atoms with E-state index in [1.807, 2.05) is 18.2 Å². The van der Waals surface area contributed by atoms with Gasteiger partial charge >= 0.3 is 6.03 Å². The van der Waals surface area contributed by atoms with Gasteiger partial charge in [0.25, 0.3) is 5.91 Å². The van der Waals surface area contributed by atoms with E-state index in [-0.39, 0.29) is 5.70 Å². The molecule has 2 aliphatic heterocycles. The first-order valence-electron chi connectivity index (χ1n) is 10.4. The van der Waals surface area contributed by atoms with Crippen LogP contribution in [0.5, 0.6) is 5.75 Å². The second-order valence-electron chi connectivity index (χ2n) is 7.46. The molecule has 2 aromatic rings. The molecular formula is C23H23ClN4O5. The Hall–Kier alpha value is -3.56. The van der Waals surface area contributed by atoms with Crippen molar-refractivity contribution in [2.24, 2.45) is 0 Å². The summed E-state index contributed by atoms with van der Waals surface area (Å²) in [5, 5.41) is 5.69. The van der Waals surface area contributed by atoms with Gasteiger partial charge in [-0.25, -0.2) is 9.69 Å². The monoisotopic (exact) mass is 470 g/mol. The number of benzene rings is 2. The Morgan fingerprint density at radius 1 is 1.18 bits per heavy atom. The van der Waals surface area contributed by atoms with Crippen molar-refractivity contribution in [3.63, 3.8) is 0 Å². The number of carbonyl (C=O) groups excluding carboxylic acids is 3. The number of urea groups is 1. The Kier molecular flexibility index (Phi) is 6.81. The SMILES string of the molecule is COc1cc(N2CCOCC2)ccc1/C=C1\NC(=O)N(CC(=O)Nc2ccc(Cl)cc2)C1=O. The van der Waals surface area contributed by atoms with Gasteiger partial charge in [-0.3, -0.25) is 9.59 Å². The van der Waals surface area contributed by atoms with E-state index in [1.165, 1.54) is 0 Å². The molecule has 0 aromatic heterocycles. The molecule has 9 nitrogen and oxygen atoms in total. The molecule has 10 heteroatoms. The van der Waals surface area contributed by atoms with Crippen molar-refractivity contribution in [1.82, 2.24) is 10.2 Å². The van der Waals surface area contributed by atoms with Crippen LogP contribution < -0.4 is 20.3 Å². The topological polar surface area (TPSA) is 100 Å². The van der Waals surface area contributed by atoms with Crippen LogP contribution in [-0.2, 0) is 14.3 Å². The number of methoxy groups -OCH3 is 1. The third-order valence-corrected chi connectivity index (χ3v) is 5.54. The molecule has 2 fully saturated rings. The summed E-state index contributed by atoms with van der Waals surface area (Å²) in [7, 11) is 1.54. The van der Waals surface area contributed by atoms with Crippen LogP contribution >= 0.6 is 11.6 Å². The summed E-state index contributed by atoms with van der Waals surface area (Å²) in [5.74, 6) is -0.535. The molecule has 2 aliphatic rings. The maximum atomic E-state index is 12.8. The Morgan fingerprint density at radius 2 is 1.91 bits per heavy atom. The van der Waals surface area contributed by atoms with E-state index < -0.39 is 24.4 Å². The third-order valence-electron chi connectivity index (χ3n) is 5.29. The number of nitrogens with zero attached hydrogens (tertiary/aromatic N) is 2. The molecule has 33 heavy (non-hydrogen) atoms.